The van der Waals surface area contributed by atoms with E-state index in [0.717, 1.165) is 111 Å². The van der Waals surface area contributed by atoms with Gasteiger partial charge in [0.05, 0.1) is 45.0 Å². The molecule has 4 aliphatic rings. The number of fused-ring (bicyclic) bond motifs is 22. The van der Waals surface area contributed by atoms with E-state index in [0.29, 0.717) is 11.6 Å². The highest BCUT2D eigenvalue weighted by atomic mass is 14.9. The minimum absolute atomic E-state index is 0.515. The third kappa shape index (κ3) is 8.85. The van der Waals surface area contributed by atoms with Crippen molar-refractivity contribution in [3.8, 4) is 146 Å². The molecule has 6 nitrogen and oxygen atoms in total. The average Bonchev–Trinajstić information content (AvgIpc) is 1.52. The van der Waals surface area contributed by atoms with Crippen LogP contribution in [0.3, 0.4) is 0 Å². The van der Waals surface area contributed by atoms with Crippen LogP contribution in [0.4, 0.5) is 0 Å². The van der Waals surface area contributed by atoms with Crippen LogP contribution in [0.5, 0.6) is 0 Å². The maximum absolute atomic E-state index is 5.54. The van der Waals surface area contributed by atoms with E-state index in [1.165, 1.54) is 89.0 Å². The summed E-state index contributed by atoms with van der Waals surface area (Å²) in [6, 6.07) is 128. The summed E-state index contributed by atoms with van der Waals surface area (Å²) < 4.78 is 0. The van der Waals surface area contributed by atoms with Gasteiger partial charge in [-0.25, -0.2) is 19.9 Å². The van der Waals surface area contributed by atoms with Crippen molar-refractivity contribution in [2.45, 2.75) is 10.8 Å². The van der Waals surface area contributed by atoms with Gasteiger partial charge in [-0.15, -0.1) is 0 Å². The molecule has 0 saturated carbocycles. The van der Waals surface area contributed by atoms with E-state index in [1.807, 2.05) is 12.4 Å². The van der Waals surface area contributed by atoms with Crippen molar-refractivity contribution < 1.29 is 0 Å². The lowest BCUT2D eigenvalue weighted by Gasteiger charge is -2.30. The van der Waals surface area contributed by atoms with Gasteiger partial charge in [0, 0.05) is 67.7 Å². The summed E-state index contributed by atoms with van der Waals surface area (Å²) in [5, 5.41) is 4.54. The van der Waals surface area contributed by atoms with Crippen LogP contribution < -0.4 is 0 Å². The van der Waals surface area contributed by atoms with Gasteiger partial charge in [0.1, 0.15) is 0 Å². The Morgan fingerprint density at radius 3 is 0.736 bits per heavy atom. The molecule has 14 aromatic carbocycles. The van der Waals surface area contributed by atoms with Crippen molar-refractivity contribution >= 4 is 21.5 Å². The first kappa shape index (κ1) is 59.7. The molecule has 4 heterocycles. The fourth-order valence-corrected chi connectivity index (χ4v) is 18.2. The molecule has 4 aromatic heterocycles. The van der Waals surface area contributed by atoms with Gasteiger partial charge in [-0.05, 0) is 147 Å². The minimum Gasteiger partial charge on any atom is -0.256 e. The van der Waals surface area contributed by atoms with Crippen molar-refractivity contribution in [3.05, 3.63) is 409 Å². The van der Waals surface area contributed by atoms with Crippen LogP contribution in [0, 0.1) is 0 Å². The average molecular weight is 1350 g/mol. The fraction of sp³-hybridized carbons (Fsp3) is 0.0200. The second kappa shape index (κ2) is 23.3. The van der Waals surface area contributed by atoms with E-state index in [4.69, 9.17) is 29.9 Å². The zero-order chi connectivity index (χ0) is 69.6. The minimum atomic E-state index is -0.515. The Hall–Kier alpha value is -13.9. The lowest BCUT2D eigenvalue weighted by molar-refractivity contribution is 0.794. The first-order chi connectivity index (χ1) is 52.5. The third-order valence-electron chi connectivity index (χ3n) is 22.9. The highest BCUT2D eigenvalue weighted by Gasteiger charge is 2.53. The van der Waals surface area contributed by atoms with Gasteiger partial charge in [-0.1, -0.05) is 315 Å². The van der Waals surface area contributed by atoms with Gasteiger partial charge in [0.2, 0.25) is 0 Å². The number of benzene rings is 14. The number of hydrogen-bond donors (Lipinski definition) is 0. The third-order valence-corrected chi connectivity index (χ3v) is 22.9. The van der Waals surface area contributed by atoms with Crippen LogP contribution in [0.25, 0.3) is 167 Å². The molecule has 0 bridgehead atoms. The summed E-state index contributed by atoms with van der Waals surface area (Å²) in [5.41, 5.74) is 34.5. The smallest absolute Gasteiger partial charge is 0.160 e. The van der Waals surface area contributed by atoms with Gasteiger partial charge in [-0.2, -0.15) is 0 Å². The zero-order valence-electron chi connectivity index (χ0n) is 57.3. The molecule has 18 aromatic rings. The maximum atomic E-state index is 5.54. The zero-order valence-corrected chi connectivity index (χ0v) is 57.3. The summed E-state index contributed by atoms with van der Waals surface area (Å²) in [4.78, 5) is 31.9. The Morgan fingerprint density at radius 2 is 0.425 bits per heavy atom. The van der Waals surface area contributed by atoms with Crippen LogP contribution in [0.15, 0.2) is 364 Å². The van der Waals surface area contributed by atoms with E-state index in [9.17, 15) is 0 Å². The summed E-state index contributed by atoms with van der Waals surface area (Å²) in [6.45, 7) is 0. The molecule has 2 spiro atoms. The van der Waals surface area contributed by atoms with E-state index < -0.39 is 10.8 Å². The van der Waals surface area contributed by atoms with Gasteiger partial charge in [0.15, 0.2) is 11.6 Å². The molecule has 0 atom stereocenters. The molecule has 22 rings (SSSR count). The standard InChI is InChI=1S/C100H60N6/c1-3-19-73-63(17-1)53-55-101-95(73)69-45-41-67(42-46-69)93-59-91(103-97(105-93)71-49-51-81-79-25-9-15-31-87(79)99(89(81)57-71)83-27-11-5-21-75(83)76-22-6-12-28-84(76)99)65-37-33-61(34-38-65)62-35-39-66(40-36-62)92-60-94(68-43-47-70(48-44-68)96-74-20-4-2-18-64(74)54-56-102-96)106-98(104-92)72-50-52-82-80-26-10-16-32-88(80)100(90(82)58-72)85-29-13-7-23-77(85)78-24-8-14-30-86(78)100/h1-60H. The Kier molecular flexibility index (Phi) is 13.1. The molecule has 0 unspecified atom stereocenters. The Bertz CT molecular complexity index is 6150. The summed E-state index contributed by atoms with van der Waals surface area (Å²) in [6.07, 6.45) is 3.79. The maximum Gasteiger partial charge on any atom is 0.160 e. The quantitative estimate of drug-likeness (QED) is 0.143. The predicted molar refractivity (Wildman–Crippen MR) is 430 cm³/mol. The van der Waals surface area contributed by atoms with Gasteiger partial charge < -0.3 is 0 Å². The number of pyridine rings is 2. The predicted octanol–water partition coefficient (Wildman–Crippen LogP) is 24.1. The molecule has 490 valence electrons. The van der Waals surface area contributed by atoms with E-state index in [1.54, 1.807) is 0 Å². The number of rotatable bonds is 9. The van der Waals surface area contributed by atoms with E-state index >= 15 is 0 Å². The number of nitrogens with zero attached hydrogens (tertiary/aromatic N) is 6. The molecule has 106 heavy (non-hydrogen) atoms. The lowest BCUT2D eigenvalue weighted by Crippen LogP contribution is -2.25. The topological polar surface area (TPSA) is 77.3 Å². The van der Waals surface area contributed by atoms with Crippen molar-refractivity contribution in [2.24, 2.45) is 0 Å². The Labute approximate surface area is 613 Å². The Balaban J connectivity index is 0.642. The van der Waals surface area contributed by atoms with Crippen molar-refractivity contribution in [3.63, 3.8) is 0 Å². The summed E-state index contributed by atoms with van der Waals surface area (Å²) >= 11 is 0. The summed E-state index contributed by atoms with van der Waals surface area (Å²) in [7, 11) is 0. The normalized spacial score (nSPS) is 13.2. The molecule has 0 fully saturated rings. The molecular formula is C100H60N6. The summed E-state index contributed by atoms with van der Waals surface area (Å²) in [5.74, 6) is 1.31. The molecular weight excluding hydrogens is 1290 g/mol. The van der Waals surface area contributed by atoms with Gasteiger partial charge in [-0.3, -0.25) is 9.97 Å². The highest BCUT2D eigenvalue weighted by molar-refractivity contribution is 6.00. The second-order valence-corrected chi connectivity index (χ2v) is 28.3. The van der Waals surface area contributed by atoms with Crippen molar-refractivity contribution in [1.82, 2.24) is 29.9 Å². The van der Waals surface area contributed by atoms with Crippen LogP contribution >= 0.6 is 0 Å². The highest BCUT2D eigenvalue weighted by Crippen LogP contribution is 2.65. The largest absolute Gasteiger partial charge is 0.256 e. The van der Waals surface area contributed by atoms with Crippen LogP contribution in [0.1, 0.15) is 44.5 Å². The second-order valence-electron chi connectivity index (χ2n) is 28.3. The van der Waals surface area contributed by atoms with E-state index in [-0.39, 0.29) is 0 Å². The SMILES string of the molecule is c1ccc2c(c1)-c1ccccc1C21c2ccccc2-c2ccc(-c3nc(-c4ccc(-c5ccc(-c6cc(-c7ccc(-c8nccc9ccccc89)cc7)nc(-c7ccc8c(c7)C7(c9ccccc9-c9ccccc97)c7ccccc7-8)n6)cc5)cc4)cc(-c4ccc(-c5nccc6ccccc56)cc4)n3)cc21. The van der Waals surface area contributed by atoms with Gasteiger partial charge >= 0.3 is 0 Å². The molecule has 0 N–H and O–H groups in total. The van der Waals surface area contributed by atoms with Gasteiger partial charge in [0.25, 0.3) is 0 Å². The number of aromatic nitrogens is 6. The van der Waals surface area contributed by atoms with Crippen molar-refractivity contribution in [2.75, 3.05) is 0 Å². The molecule has 0 saturated heterocycles. The molecule has 0 aliphatic heterocycles. The first-order valence-electron chi connectivity index (χ1n) is 36.3. The van der Waals surface area contributed by atoms with Crippen LogP contribution in [-0.4, -0.2) is 29.9 Å². The van der Waals surface area contributed by atoms with E-state index in [2.05, 4.69) is 352 Å². The fourth-order valence-electron chi connectivity index (χ4n) is 18.2. The molecule has 4 aliphatic carbocycles. The van der Waals surface area contributed by atoms with Crippen LogP contribution in [-0.2, 0) is 10.8 Å². The Morgan fingerprint density at radius 1 is 0.179 bits per heavy atom. The number of hydrogen-bond acceptors (Lipinski definition) is 6. The monoisotopic (exact) mass is 1340 g/mol. The first-order valence-corrected chi connectivity index (χ1v) is 36.3. The molecule has 0 amide bonds. The molecule has 6 heteroatoms. The van der Waals surface area contributed by atoms with Crippen LogP contribution in [0.2, 0.25) is 0 Å². The van der Waals surface area contributed by atoms with Crippen molar-refractivity contribution in [1.29, 1.82) is 0 Å². The lowest BCUT2D eigenvalue weighted by atomic mass is 9.70. The molecule has 0 radical (unpaired) electrons.